The SMILES string of the molecule is Cn1cnc(C(C#N)N2CCOc3ccccc32)c1. The molecule has 2 heterocycles. The average molecular weight is 254 g/mol. The number of benzene rings is 1. The fourth-order valence-corrected chi connectivity index (χ4v) is 2.33. The molecule has 0 saturated heterocycles. The fourth-order valence-electron chi connectivity index (χ4n) is 2.33. The number of aromatic nitrogens is 2. The smallest absolute Gasteiger partial charge is 0.161 e. The lowest BCUT2D eigenvalue weighted by Crippen LogP contribution is -2.35. The van der Waals surface area contributed by atoms with Crippen molar-refractivity contribution in [2.24, 2.45) is 7.05 Å². The molecule has 0 spiro atoms. The normalized spacial score (nSPS) is 15.3. The Balaban J connectivity index is 2.00. The Kier molecular flexibility index (Phi) is 2.84. The van der Waals surface area contributed by atoms with Crippen molar-refractivity contribution in [1.29, 1.82) is 5.26 Å². The Morgan fingerprint density at radius 1 is 1.42 bits per heavy atom. The zero-order valence-electron chi connectivity index (χ0n) is 10.7. The number of nitrogens with zero attached hydrogens (tertiary/aromatic N) is 4. The van der Waals surface area contributed by atoms with Crippen LogP contribution in [0.2, 0.25) is 0 Å². The monoisotopic (exact) mass is 254 g/mol. The van der Waals surface area contributed by atoms with Gasteiger partial charge in [-0.25, -0.2) is 4.98 Å². The molecule has 1 aliphatic rings. The Morgan fingerprint density at radius 2 is 2.26 bits per heavy atom. The van der Waals surface area contributed by atoms with E-state index in [0.29, 0.717) is 13.2 Å². The molecule has 1 aliphatic heterocycles. The van der Waals surface area contributed by atoms with Gasteiger partial charge in [-0.2, -0.15) is 5.26 Å². The van der Waals surface area contributed by atoms with Crippen LogP contribution in [0.1, 0.15) is 11.7 Å². The first-order valence-electron chi connectivity index (χ1n) is 6.15. The summed E-state index contributed by atoms with van der Waals surface area (Å²) in [7, 11) is 1.90. The van der Waals surface area contributed by atoms with Gasteiger partial charge in [0.15, 0.2) is 6.04 Å². The standard InChI is InChI=1S/C14H14N4O/c1-17-9-11(16-10-17)13(8-15)18-6-7-19-14-5-3-2-4-12(14)18/h2-5,9-10,13H,6-7H2,1H3. The highest BCUT2D eigenvalue weighted by atomic mass is 16.5. The van der Waals surface area contributed by atoms with Crippen LogP contribution in [0.15, 0.2) is 36.8 Å². The average Bonchev–Trinajstić information content (AvgIpc) is 2.86. The summed E-state index contributed by atoms with van der Waals surface area (Å²) in [6.07, 6.45) is 3.60. The van der Waals surface area contributed by atoms with Crippen LogP contribution in [0, 0.1) is 11.3 Å². The summed E-state index contributed by atoms with van der Waals surface area (Å²) >= 11 is 0. The predicted octanol–water partition coefficient (Wildman–Crippen LogP) is 1.88. The molecule has 0 amide bonds. The second kappa shape index (κ2) is 4.65. The van der Waals surface area contributed by atoms with Crippen LogP contribution < -0.4 is 9.64 Å². The molecule has 19 heavy (non-hydrogen) atoms. The van der Waals surface area contributed by atoms with Crippen molar-refractivity contribution >= 4 is 5.69 Å². The van der Waals surface area contributed by atoms with E-state index in [0.717, 1.165) is 17.1 Å². The molecule has 0 saturated carbocycles. The molecular formula is C14H14N4O. The molecule has 0 fully saturated rings. The summed E-state index contributed by atoms with van der Waals surface area (Å²) in [5.74, 6) is 0.824. The highest BCUT2D eigenvalue weighted by molar-refractivity contribution is 5.61. The van der Waals surface area contributed by atoms with Gasteiger partial charge in [-0.15, -0.1) is 0 Å². The van der Waals surface area contributed by atoms with Crippen LogP contribution in [0.5, 0.6) is 5.75 Å². The third-order valence-corrected chi connectivity index (χ3v) is 3.20. The van der Waals surface area contributed by atoms with Gasteiger partial charge in [0.1, 0.15) is 12.4 Å². The number of aryl methyl sites for hydroxylation is 1. The predicted molar refractivity (Wildman–Crippen MR) is 70.8 cm³/mol. The molecule has 0 N–H and O–H groups in total. The van der Waals surface area contributed by atoms with Crippen molar-refractivity contribution in [3.63, 3.8) is 0 Å². The zero-order chi connectivity index (χ0) is 13.2. The first kappa shape index (κ1) is 11.6. The number of anilines is 1. The highest BCUT2D eigenvalue weighted by Gasteiger charge is 2.27. The van der Waals surface area contributed by atoms with Crippen molar-refractivity contribution < 1.29 is 4.74 Å². The van der Waals surface area contributed by atoms with Crippen molar-refractivity contribution in [3.8, 4) is 11.8 Å². The molecule has 3 rings (SSSR count). The first-order valence-corrected chi connectivity index (χ1v) is 6.15. The van der Waals surface area contributed by atoms with Crippen molar-refractivity contribution in [1.82, 2.24) is 9.55 Å². The number of nitriles is 1. The van der Waals surface area contributed by atoms with Crippen molar-refractivity contribution in [2.45, 2.75) is 6.04 Å². The summed E-state index contributed by atoms with van der Waals surface area (Å²) < 4.78 is 7.47. The molecule has 5 heteroatoms. The molecule has 1 aromatic carbocycles. The first-order chi connectivity index (χ1) is 9.29. The molecule has 2 aromatic rings. The minimum absolute atomic E-state index is 0.383. The van der Waals surface area contributed by atoms with E-state index in [-0.39, 0.29) is 6.04 Å². The number of rotatable bonds is 2. The van der Waals surface area contributed by atoms with Crippen LogP contribution in [0.3, 0.4) is 0 Å². The quantitative estimate of drug-likeness (QED) is 0.821. The molecule has 1 aromatic heterocycles. The third kappa shape index (κ3) is 2.02. The molecule has 1 atom stereocenters. The number of para-hydroxylation sites is 2. The molecule has 96 valence electrons. The van der Waals surface area contributed by atoms with Gasteiger partial charge in [-0.05, 0) is 12.1 Å². The molecule has 0 aliphatic carbocycles. The van der Waals surface area contributed by atoms with Gasteiger partial charge >= 0.3 is 0 Å². The Labute approximate surface area is 111 Å². The summed E-state index contributed by atoms with van der Waals surface area (Å²) in [6.45, 7) is 1.27. The number of fused-ring (bicyclic) bond motifs is 1. The van der Waals surface area contributed by atoms with Crippen molar-refractivity contribution in [2.75, 3.05) is 18.1 Å². The van der Waals surface area contributed by atoms with Gasteiger partial charge in [0.2, 0.25) is 0 Å². The summed E-state index contributed by atoms with van der Waals surface area (Å²) in [4.78, 5) is 6.34. The molecule has 1 unspecified atom stereocenters. The van der Waals surface area contributed by atoms with Gasteiger partial charge in [-0.1, -0.05) is 12.1 Å². The maximum atomic E-state index is 9.48. The van der Waals surface area contributed by atoms with Crippen LogP contribution in [0.25, 0.3) is 0 Å². The minimum Gasteiger partial charge on any atom is -0.490 e. The number of hydrogen-bond donors (Lipinski definition) is 0. The minimum atomic E-state index is -0.383. The van der Waals surface area contributed by atoms with E-state index in [1.165, 1.54) is 0 Å². The zero-order valence-corrected chi connectivity index (χ0v) is 10.7. The van der Waals surface area contributed by atoms with Crippen LogP contribution in [-0.4, -0.2) is 22.7 Å². The maximum Gasteiger partial charge on any atom is 0.161 e. The summed E-state index contributed by atoms with van der Waals surface area (Å²) in [5, 5.41) is 9.48. The second-order valence-electron chi connectivity index (χ2n) is 4.51. The fraction of sp³-hybridized carbons (Fsp3) is 0.286. The molecular weight excluding hydrogens is 240 g/mol. The van der Waals surface area contributed by atoms with Gasteiger partial charge in [-0.3, -0.25) is 0 Å². The Hall–Kier alpha value is -2.48. The van der Waals surface area contributed by atoms with E-state index in [9.17, 15) is 5.26 Å². The lowest BCUT2D eigenvalue weighted by molar-refractivity contribution is 0.304. The van der Waals surface area contributed by atoms with Gasteiger partial charge < -0.3 is 14.2 Å². The van der Waals surface area contributed by atoms with E-state index < -0.39 is 0 Å². The largest absolute Gasteiger partial charge is 0.490 e. The summed E-state index contributed by atoms with van der Waals surface area (Å²) in [6, 6.07) is 9.74. The maximum absolute atomic E-state index is 9.48. The molecule has 5 nitrogen and oxygen atoms in total. The van der Waals surface area contributed by atoms with Crippen LogP contribution >= 0.6 is 0 Å². The number of imidazole rings is 1. The number of hydrogen-bond acceptors (Lipinski definition) is 4. The van der Waals surface area contributed by atoms with Gasteiger partial charge in [0.25, 0.3) is 0 Å². The van der Waals surface area contributed by atoms with Crippen LogP contribution in [-0.2, 0) is 7.05 Å². The topological polar surface area (TPSA) is 54.1 Å². The van der Waals surface area contributed by atoms with E-state index in [4.69, 9.17) is 4.74 Å². The van der Waals surface area contributed by atoms with E-state index in [1.54, 1.807) is 6.33 Å². The van der Waals surface area contributed by atoms with E-state index >= 15 is 0 Å². The van der Waals surface area contributed by atoms with E-state index in [1.807, 2.05) is 47.0 Å². The highest BCUT2D eigenvalue weighted by Crippen LogP contribution is 2.35. The van der Waals surface area contributed by atoms with Gasteiger partial charge in [0, 0.05) is 13.2 Å². The lowest BCUT2D eigenvalue weighted by Gasteiger charge is -2.33. The second-order valence-corrected chi connectivity index (χ2v) is 4.51. The lowest BCUT2D eigenvalue weighted by atomic mass is 10.1. The Bertz CT molecular complexity index is 628. The molecule has 0 radical (unpaired) electrons. The number of ether oxygens (including phenoxy) is 1. The third-order valence-electron chi connectivity index (χ3n) is 3.20. The van der Waals surface area contributed by atoms with Gasteiger partial charge in [0.05, 0.1) is 30.3 Å². The van der Waals surface area contributed by atoms with E-state index in [2.05, 4.69) is 11.1 Å². The Morgan fingerprint density at radius 3 is 3.00 bits per heavy atom. The van der Waals surface area contributed by atoms with Crippen molar-refractivity contribution in [3.05, 3.63) is 42.5 Å². The van der Waals surface area contributed by atoms with Crippen LogP contribution in [0.4, 0.5) is 5.69 Å². The molecule has 0 bridgehead atoms. The summed E-state index contributed by atoms with van der Waals surface area (Å²) in [5.41, 5.74) is 1.72.